The number of ether oxygens (including phenoxy) is 2. The highest BCUT2D eigenvalue weighted by Crippen LogP contribution is 2.22. The van der Waals surface area contributed by atoms with Crippen molar-refractivity contribution in [2.24, 2.45) is 5.10 Å². The number of benzene rings is 3. The van der Waals surface area contributed by atoms with Crippen molar-refractivity contribution in [1.82, 2.24) is 5.43 Å². The second-order valence-electron chi connectivity index (χ2n) is 7.59. The molecule has 0 radical (unpaired) electrons. The van der Waals surface area contributed by atoms with Crippen molar-refractivity contribution in [2.75, 3.05) is 23.8 Å². The molecule has 0 bridgehead atoms. The third kappa shape index (κ3) is 9.47. The van der Waals surface area contributed by atoms with Crippen LogP contribution in [-0.4, -0.2) is 37.1 Å². The van der Waals surface area contributed by atoms with E-state index in [0.29, 0.717) is 45.1 Å². The van der Waals surface area contributed by atoms with E-state index in [1.165, 1.54) is 6.21 Å². The standard InChI is InChI=1S/C26H24Cl2N4O5/c1-2-11-36-22-9-5-20(6-10-22)31-25(34)26(35)32-29-15-17-3-7-23(8-4-17)37-16-24(33)30-21-13-18(27)12-19(28)14-21/h3-10,12-15H,2,11,16H2,1H3,(H,30,33)(H,31,34)(H,32,35)/b29-15-. The molecular weight excluding hydrogens is 519 g/mol. The highest BCUT2D eigenvalue weighted by molar-refractivity contribution is 6.39. The Balaban J connectivity index is 1.41. The monoisotopic (exact) mass is 542 g/mol. The van der Waals surface area contributed by atoms with Gasteiger partial charge in [-0.25, -0.2) is 5.43 Å². The normalized spacial score (nSPS) is 10.6. The van der Waals surface area contributed by atoms with Crippen molar-refractivity contribution in [1.29, 1.82) is 0 Å². The number of hydrazone groups is 1. The number of carbonyl (C=O) groups excluding carboxylic acids is 3. The zero-order chi connectivity index (χ0) is 26.6. The minimum absolute atomic E-state index is 0.225. The zero-order valence-electron chi connectivity index (χ0n) is 19.8. The summed E-state index contributed by atoms with van der Waals surface area (Å²) in [4.78, 5) is 36.1. The smallest absolute Gasteiger partial charge is 0.329 e. The summed E-state index contributed by atoms with van der Waals surface area (Å²) in [6.45, 7) is 2.38. The maximum absolute atomic E-state index is 12.1. The summed E-state index contributed by atoms with van der Waals surface area (Å²) < 4.78 is 10.9. The third-order valence-electron chi connectivity index (χ3n) is 4.57. The predicted molar refractivity (Wildman–Crippen MR) is 144 cm³/mol. The van der Waals surface area contributed by atoms with E-state index in [4.69, 9.17) is 32.7 Å². The number of rotatable bonds is 10. The summed E-state index contributed by atoms with van der Waals surface area (Å²) in [7, 11) is 0. The van der Waals surface area contributed by atoms with Gasteiger partial charge in [-0.15, -0.1) is 0 Å². The molecule has 0 aliphatic heterocycles. The van der Waals surface area contributed by atoms with Crippen molar-refractivity contribution in [2.45, 2.75) is 13.3 Å². The zero-order valence-corrected chi connectivity index (χ0v) is 21.3. The summed E-state index contributed by atoms with van der Waals surface area (Å²) >= 11 is 11.8. The summed E-state index contributed by atoms with van der Waals surface area (Å²) in [5, 5.41) is 9.72. The van der Waals surface area contributed by atoms with Crippen molar-refractivity contribution in [3.8, 4) is 11.5 Å². The highest BCUT2D eigenvalue weighted by Gasteiger charge is 2.13. The lowest BCUT2D eigenvalue weighted by atomic mass is 10.2. The largest absolute Gasteiger partial charge is 0.494 e. The van der Waals surface area contributed by atoms with E-state index in [2.05, 4.69) is 21.2 Å². The van der Waals surface area contributed by atoms with Gasteiger partial charge in [0.25, 0.3) is 5.91 Å². The van der Waals surface area contributed by atoms with Gasteiger partial charge in [-0.1, -0.05) is 30.1 Å². The SMILES string of the molecule is CCCOc1ccc(NC(=O)C(=O)N/N=C\c2ccc(OCC(=O)Nc3cc(Cl)cc(Cl)c3)cc2)cc1. The molecule has 0 aliphatic rings. The first kappa shape index (κ1) is 27.5. The lowest BCUT2D eigenvalue weighted by Gasteiger charge is -2.08. The quantitative estimate of drug-likeness (QED) is 0.191. The molecule has 3 rings (SSSR count). The van der Waals surface area contributed by atoms with Crippen LogP contribution in [0.2, 0.25) is 10.0 Å². The Kier molecular flexibility index (Phi) is 10.3. The van der Waals surface area contributed by atoms with E-state index >= 15 is 0 Å². The Morgan fingerprint density at radius 1 is 0.811 bits per heavy atom. The minimum Gasteiger partial charge on any atom is -0.494 e. The van der Waals surface area contributed by atoms with Gasteiger partial charge < -0.3 is 20.1 Å². The first-order valence-corrected chi connectivity index (χ1v) is 11.9. The lowest BCUT2D eigenvalue weighted by Crippen LogP contribution is -2.32. The van der Waals surface area contributed by atoms with Crippen LogP contribution in [0.4, 0.5) is 11.4 Å². The van der Waals surface area contributed by atoms with E-state index in [9.17, 15) is 14.4 Å². The average molecular weight is 543 g/mol. The Hall–Kier alpha value is -4.08. The molecule has 0 heterocycles. The third-order valence-corrected chi connectivity index (χ3v) is 5.00. The van der Waals surface area contributed by atoms with Crippen molar-refractivity contribution >= 4 is 58.5 Å². The molecule has 9 nitrogen and oxygen atoms in total. The number of hydrogen-bond acceptors (Lipinski definition) is 6. The van der Waals surface area contributed by atoms with Crippen molar-refractivity contribution < 1.29 is 23.9 Å². The number of amides is 3. The van der Waals surface area contributed by atoms with Crippen LogP contribution in [-0.2, 0) is 14.4 Å². The number of halogens is 2. The van der Waals surface area contributed by atoms with E-state index in [1.54, 1.807) is 66.7 Å². The fourth-order valence-corrected chi connectivity index (χ4v) is 3.41. The van der Waals surface area contributed by atoms with Gasteiger partial charge in [0.1, 0.15) is 11.5 Å². The van der Waals surface area contributed by atoms with Crippen LogP contribution in [0.3, 0.4) is 0 Å². The molecule has 0 spiro atoms. The molecule has 37 heavy (non-hydrogen) atoms. The number of nitrogens with one attached hydrogen (secondary N) is 3. The van der Waals surface area contributed by atoms with Crippen LogP contribution in [0.15, 0.2) is 71.8 Å². The van der Waals surface area contributed by atoms with E-state index in [0.717, 1.165) is 6.42 Å². The molecule has 0 unspecified atom stereocenters. The molecule has 0 aromatic heterocycles. The van der Waals surface area contributed by atoms with Crippen LogP contribution in [0.1, 0.15) is 18.9 Å². The number of carbonyl (C=O) groups is 3. The van der Waals surface area contributed by atoms with E-state index < -0.39 is 11.8 Å². The molecule has 3 amide bonds. The first-order valence-electron chi connectivity index (χ1n) is 11.2. The molecule has 3 N–H and O–H groups in total. The van der Waals surface area contributed by atoms with Crippen molar-refractivity contribution in [3.05, 3.63) is 82.3 Å². The van der Waals surface area contributed by atoms with Crippen LogP contribution < -0.4 is 25.5 Å². The molecule has 0 saturated heterocycles. The average Bonchev–Trinajstić information content (AvgIpc) is 2.87. The van der Waals surface area contributed by atoms with Gasteiger partial charge >= 0.3 is 11.8 Å². The highest BCUT2D eigenvalue weighted by atomic mass is 35.5. The fraction of sp³-hybridized carbons (Fsp3) is 0.154. The second kappa shape index (κ2) is 13.9. The van der Waals surface area contributed by atoms with Gasteiger partial charge in [0, 0.05) is 21.4 Å². The van der Waals surface area contributed by atoms with Gasteiger partial charge in [0.05, 0.1) is 12.8 Å². The van der Waals surface area contributed by atoms with Gasteiger partial charge in [0.2, 0.25) is 0 Å². The molecule has 0 saturated carbocycles. The van der Waals surface area contributed by atoms with E-state index in [1.807, 2.05) is 6.92 Å². The number of anilines is 2. The van der Waals surface area contributed by atoms with Crippen molar-refractivity contribution in [3.63, 3.8) is 0 Å². The maximum atomic E-state index is 12.1. The van der Waals surface area contributed by atoms with E-state index in [-0.39, 0.29) is 12.5 Å². The molecule has 11 heteroatoms. The fourth-order valence-electron chi connectivity index (χ4n) is 2.88. The number of hydrogen-bond donors (Lipinski definition) is 3. The van der Waals surface area contributed by atoms with Gasteiger partial charge in [0.15, 0.2) is 6.61 Å². The second-order valence-corrected chi connectivity index (χ2v) is 8.46. The van der Waals surface area contributed by atoms with Gasteiger partial charge in [-0.3, -0.25) is 14.4 Å². The van der Waals surface area contributed by atoms with Crippen LogP contribution >= 0.6 is 23.2 Å². The minimum atomic E-state index is -0.922. The van der Waals surface area contributed by atoms with Crippen LogP contribution in [0.25, 0.3) is 0 Å². The molecule has 3 aromatic rings. The molecular formula is C26H24Cl2N4O5. The summed E-state index contributed by atoms with van der Waals surface area (Å²) in [6, 6.07) is 18.0. The summed E-state index contributed by atoms with van der Waals surface area (Å²) in [5.74, 6) is -1.04. The summed E-state index contributed by atoms with van der Waals surface area (Å²) in [6.07, 6.45) is 2.25. The Bertz CT molecular complexity index is 1240. The van der Waals surface area contributed by atoms with Crippen LogP contribution in [0.5, 0.6) is 11.5 Å². The molecule has 0 atom stereocenters. The predicted octanol–water partition coefficient (Wildman–Crippen LogP) is 4.89. The topological polar surface area (TPSA) is 118 Å². The molecule has 3 aromatic carbocycles. The maximum Gasteiger partial charge on any atom is 0.329 e. The molecule has 192 valence electrons. The van der Waals surface area contributed by atoms with Crippen LogP contribution in [0, 0.1) is 0 Å². The molecule has 0 fully saturated rings. The number of nitrogens with zero attached hydrogens (tertiary/aromatic N) is 1. The Morgan fingerprint density at radius 2 is 1.43 bits per heavy atom. The van der Waals surface area contributed by atoms with Gasteiger partial charge in [-0.05, 0) is 78.7 Å². The first-order chi connectivity index (χ1) is 17.8. The summed E-state index contributed by atoms with van der Waals surface area (Å²) in [5.41, 5.74) is 3.71. The lowest BCUT2D eigenvalue weighted by molar-refractivity contribution is -0.136. The molecule has 0 aliphatic carbocycles. The Labute approximate surface area is 223 Å². The van der Waals surface area contributed by atoms with Gasteiger partial charge in [-0.2, -0.15) is 5.10 Å². The Morgan fingerprint density at radius 3 is 2.08 bits per heavy atom.